The smallest absolute Gasteiger partial charge is 0.260 e. The Morgan fingerprint density at radius 3 is 2.50 bits per heavy atom. The molecular weight excluding hydrogens is 398 g/mol. The first-order valence-electron chi connectivity index (χ1n) is 10.1. The molecule has 2 aromatic rings. The Labute approximate surface area is 181 Å². The van der Waals surface area contributed by atoms with Gasteiger partial charge in [-0.2, -0.15) is 5.10 Å². The van der Waals surface area contributed by atoms with Gasteiger partial charge in [-0.25, -0.2) is 5.43 Å². The van der Waals surface area contributed by atoms with Crippen LogP contribution in [0, 0.1) is 0 Å². The van der Waals surface area contributed by atoms with E-state index in [-0.39, 0.29) is 18.4 Å². The van der Waals surface area contributed by atoms with Crippen molar-refractivity contribution >= 4 is 29.8 Å². The number of hydrogen-bond donors (Lipinski definition) is 1. The van der Waals surface area contributed by atoms with E-state index < -0.39 is 0 Å². The number of amides is 2. The molecule has 0 bridgehead atoms. The first-order valence-corrected chi connectivity index (χ1v) is 11.3. The highest BCUT2D eigenvalue weighted by Crippen LogP contribution is 2.13. The monoisotopic (exact) mass is 425 g/mol. The summed E-state index contributed by atoms with van der Waals surface area (Å²) >= 11 is 1.55. The van der Waals surface area contributed by atoms with Crippen LogP contribution in [0.1, 0.15) is 30.4 Å². The lowest BCUT2D eigenvalue weighted by Crippen LogP contribution is -2.38. The van der Waals surface area contributed by atoms with Crippen molar-refractivity contribution in [2.24, 2.45) is 5.10 Å². The van der Waals surface area contributed by atoms with Gasteiger partial charge in [0, 0.05) is 18.8 Å². The molecule has 1 heterocycles. The van der Waals surface area contributed by atoms with Gasteiger partial charge in [0.25, 0.3) is 5.91 Å². The molecule has 6 nitrogen and oxygen atoms in total. The zero-order valence-electron chi connectivity index (χ0n) is 17.0. The van der Waals surface area contributed by atoms with Gasteiger partial charge in [-0.05, 0) is 54.7 Å². The standard InChI is InChI=1S/C23H27N3O3S/c27-22(18-30-17-20-7-3-1-4-8-20)25-24-15-19-9-11-21(12-10-19)29-16-23(28)26-13-5-2-6-14-26/h1,3-4,7-12,15H,2,5-6,13-14,16-18H2,(H,25,27)/b24-15-. The first kappa shape index (κ1) is 21.9. The number of rotatable bonds is 9. The second kappa shape index (κ2) is 12.0. The summed E-state index contributed by atoms with van der Waals surface area (Å²) in [5.41, 5.74) is 4.57. The maximum absolute atomic E-state index is 12.1. The normalized spacial score (nSPS) is 13.9. The van der Waals surface area contributed by atoms with Crippen LogP contribution in [0.5, 0.6) is 5.75 Å². The van der Waals surface area contributed by atoms with Crippen molar-refractivity contribution in [2.45, 2.75) is 25.0 Å². The summed E-state index contributed by atoms with van der Waals surface area (Å²) < 4.78 is 5.59. The van der Waals surface area contributed by atoms with Crippen molar-refractivity contribution in [3.8, 4) is 5.75 Å². The molecule has 0 unspecified atom stereocenters. The Hall–Kier alpha value is -2.80. The highest BCUT2D eigenvalue weighted by atomic mass is 32.2. The molecule has 1 saturated heterocycles. The lowest BCUT2D eigenvalue weighted by molar-refractivity contribution is -0.134. The number of carbonyl (C=O) groups excluding carboxylic acids is 2. The fourth-order valence-corrected chi connectivity index (χ4v) is 3.86. The van der Waals surface area contributed by atoms with Gasteiger partial charge in [0.2, 0.25) is 5.91 Å². The first-order chi connectivity index (χ1) is 14.7. The lowest BCUT2D eigenvalue weighted by Gasteiger charge is -2.26. The predicted molar refractivity (Wildman–Crippen MR) is 121 cm³/mol. The van der Waals surface area contributed by atoms with Crippen LogP contribution in [-0.4, -0.2) is 48.4 Å². The molecule has 30 heavy (non-hydrogen) atoms. The minimum atomic E-state index is -0.136. The largest absolute Gasteiger partial charge is 0.484 e. The Kier molecular flexibility index (Phi) is 8.78. The zero-order valence-corrected chi connectivity index (χ0v) is 17.8. The van der Waals surface area contributed by atoms with Gasteiger partial charge in [-0.15, -0.1) is 11.8 Å². The number of benzene rings is 2. The highest BCUT2D eigenvalue weighted by molar-refractivity contribution is 7.99. The van der Waals surface area contributed by atoms with E-state index in [1.54, 1.807) is 30.1 Å². The van der Waals surface area contributed by atoms with Crippen LogP contribution in [0.25, 0.3) is 0 Å². The fourth-order valence-electron chi connectivity index (χ4n) is 3.08. The van der Waals surface area contributed by atoms with Crippen LogP contribution in [0.15, 0.2) is 59.7 Å². The number of likely N-dealkylation sites (tertiary alicyclic amines) is 1. The van der Waals surface area contributed by atoms with Crippen molar-refractivity contribution in [3.05, 3.63) is 65.7 Å². The Morgan fingerprint density at radius 1 is 1.03 bits per heavy atom. The van der Waals surface area contributed by atoms with Crippen LogP contribution in [0.3, 0.4) is 0 Å². The van der Waals surface area contributed by atoms with Crippen LogP contribution in [-0.2, 0) is 15.3 Å². The SMILES string of the molecule is O=C(CSCc1ccccc1)N/N=C\c1ccc(OCC(=O)N2CCCCC2)cc1. The molecule has 0 aromatic heterocycles. The van der Waals surface area contributed by atoms with Gasteiger partial charge in [0.1, 0.15) is 5.75 Å². The number of piperidine rings is 1. The number of thioether (sulfide) groups is 1. The summed E-state index contributed by atoms with van der Waals surface area (Å²) in [6.45, 7) is 1.71. The van der Waals surface area contributed by atoms with Crippen LogP contribution in [0.2, 0.25) is 0 Å². The number of nitrogens with zero attached hydrogens (tertiary/aromatic N) is 2. The van der Waals surface area contributed by atoms with Gasteiger partial charge >= 0.3 is 0 Å². The molecule has 158 valence electrons. The van der Waals surface area contributed by atoms with E-state index in [1.807, 2.05) is 47.4 Å². The van der Waals surface area contributed by atoms with E-state index in [0.29, 0.717) is 11.5 Å². The Balaban J connectivity index is 1.34. The van der Waals surface area contributed by atoms with Crippen molar-refractivity contribution < 1.29 is 14.3 Å². The molecule has 2 amide bonds. The average molecular weight is 426 g/mol. The molecule has 1 N–H and O–H groups in total. The summed E-state index contributed by atoms with van der Waals surface area (Å²) in [6.07, 6.45) is 4.92. The van der Waals surface area contributed by atoms with E-state index >= 15 is 0 Å². The Bertz CT molecular complexity index is 835. The average Bonchev–Trinajstić information content (AvgIpc) is 2.79. The predicted octanol–water partition coefficient (Wildman–Crippen LogP) is 3.46. The lowest BCUT2D eigenvalue weighted by atomic mass is 10.1. The van der Waals surface area contributed by atoms with Gasteiger partial charge in [0.05, 0.1) is 12.0 Å². The van der Waals surface area contributed by atoms with E-state index in [9.17, 15) is 9.59 Å². The molecule has 1 aliphatic heterocycles. The number of carbonyl (C=O) groups is 2. The fraction of sp³-hybridized carbons (Fsp3) is 0.348. The molecular formula is C23H27N3O3S. The third kappa shape index (κ3) is 7.55. The van der Waals surface area contributed by atoms with Crippen molar-refractivity contribution in [1.82, 2.24) is 10.3 Å². The molecule has 1 fully saturated rings. The van der Waals surface area contributed by atoms with Crippen LogP contribution >= 0.6 is 11.8 Å². The molecule has 0 saturated carbocycles. The molecule has 0 spiro atoms. The molecule has 0 radical (unpaired) electrons. The minimum Gasteiger partial charge on any atom is -0.484 e. The minimum absolute atomic E-state index is 0.0354. The van der Waals surface area contributed by atoms with E-state index in [0.717, 1.165) is 37.2 Å². The van der Waals surface area contributed by atoms with Crippen LogP contribution in [0.4, 0.5) is 0 Å². The molecule has 1 aliphatic rings. The molecule has 0 atom stereocenters. The molecule has 3 rings (SSSR count). The summed E-state index contributed by atoms with van der Waals surface area (Å²) in [5.74, 6) is 1.68. The number of hydrogen-bond acceptors (Lipinski definition) is 5. The molecule has 2 aromatic carbocycles. The third-order valence-electron chi connectivity index (χ3n) is 4.70. The van der Waals surface area contributed by atoms with Gasteiger partial charge in [0.15, 0.2) is 6.61 Å². The zero-order chi connectivity index (χ0) is 21.0. The second-order valence-corrected chi connectivity index (χ2v) is 8.06. The van der Waals surface area contributed by atoms with Crippen molar-refractivity contribution in [2.75, 3.05) is 25.4 Å². The number of ether oxygens (including phenoxy) is 1. The number of hydrazone groups is 1. The maximum Gasteiger partial charge on any atom is 0.260 e. The summed E-state index contributed by atoms with van der Waals surface area (Å²) in [6, 6.07) is 17.3. The summed E-state index contributed by atoms with van der Waals surface area (Å²) in [7, 11) is 0. The molecule has 0 aliphatic carbocycles. The molecule has 7 heteroatoms. The third-order valence-corrected chi connectivity index (χ3v) is 5.70. The van der Waals surface area contributed by atoms with E-state index in [2.05, 4.69) is 10.5 Å². The van der Waals surface area contributed by atoms with E-state index in [4.69, 9.17) is 4.74 Å². The Morgan fingerprint density at radius 2 is 1.77 bits per heavy atom. The second-order valence-electron chi connectivity index (χ2n) is 7.07. The quantitative estimate of drug-likeness (QED) is 0.493. The van der Waals surface area contributed by atoms with E-state index in [1.165, 1.54) is 12.0 Å². The maximum atomic E-state index is 12.1. The van der Waals surface area contributed by atoms with Gasteiger partial charge < -0.3 is 9.64 Å². The van der Waals surface area contributed by atoms with Crippen molar-refractivity contribution in [3.63, 3.8) is 0 Å². The van der Waals surface area contributed by atoms with Crippen molar-refractivity contribution in [1.29, 1.82) is 0 Å². The topological polar surface area (TPSA) is 71.0 Å². The van der Waals surface area contributed by atoms with Gasteiger partial charge in [-0.3, -0.25) is 9.59 Å². The van der Waals surface area contributed by atoms with Gasteiger partial charge in [-0.1, -0.05) is 30.3 Å². The number of nitrogens with one attached hydrogen (secondary N) is 1. The summed E-state index contributed by atoms with van der Waals surface area (Å²) in [5, 5.41) is 3.99. The highest BCUT2D eigenvalue weighted by Gasteiger charge is 2.16. The van der Waals surface area contributed by atoms with Crippen LogP contribution < -0.4 is 10.2 Å². The summed E-state index contributed by atoms with van der Waals surface area (Å²) in [4.78, 5) is 25.9.